The Morgan fingerprint density at radius 2 is 1.21 bits per heavy atom. The fourth-order valence-corrected chi connectivity index (χ4v) is 4.32. The summed E-state index contributed by atoms with van der Waals surface area (Å²) >= 11 is 17.1. The Morgan fingerprint density at radius 3 is 1.70 bits per heavy atom. The van der Waals surface area contributed by atoms with Crippen LogP contribution in [-0.4, -0.2) is 115 Å². The zero-order chi connectivity index (χ0) is 32.6. The van der Waals surface area contributed by atoms with E-state index in [0.29, 0.717) is 0 Å². The minimum Gasteiger partial charge on any atom is -0.463 e. The average Bonchev–Trinajstić information content (AvgIpc) is 2.86. The fraction of sp³-hybridized carbons (Fsp3) is 0.750. The highest BCUT2D eigenvalue weighted by Gasteiger charge is 2.57. The Bertz CT molecular complexity index is 1050. The highest BCUT2D eigenvalue weighted by Crippen LogP contribution is 2.36. The molecule has 0 amide bonds. The lowest BCUT2D eigenvalue weighted by Crippen LogP contribution is -2.66. The molecule has 2 aliphatic rings. The second kappa shape index (κ2) is 16.0. The summed E-state index contributed by atoms with van der Waals surface area (Å²) in [5, 5.41) is 0. The van der Waals surface area contributed by atoms with Gasteiger partial charge in [0.15, 0.2) is 49.2 Å². The minimum atomic E-state index is -2.65. The zero-order valence-corrected chi connectivity index (χ0v) is 26.0. The first kappa shape index (κ1) is 36.7. The summed E-state index contributed by atoms with van der Waals surface area (Å²) < 4.78 is 51.9. The van der Waals surface area contributed by atoms with Crippen LogP contribution >= 0.6 is 34.8 Å². The first-order valence-corrected chi connectivity index (χ1v) is 13.6. The van der Waals surface area contributed by atoms with Gasteiger partial charge >= 0.3 is 35.8 Å². The molecule has 2 fully saturated rings. The molecule has 43 heavy (non-hydrogen) atoms. The number of ether oxygens (including phenoxy) is 10. The van der Waals surface area contributed by atoms with Crippen molar-refractivity contribution in [1.82, 2.24) is 0 Å². The summed E-state index contributed by atoms with van der Waals surface area (Å²) in [4.78, 5) is 72.3. The summed E-state index contributed by atoms with van der Waals surface area (Å²) in [5.74, 6) is -5.61. The number of carbonyl (C=O) groups is 6. The Kier molecular flexibility index (Phi) is 13.7. The van der Waals surface area contributed by atoms with E-state index in [1.807, 2.05) is 0 Å². The van der Waals surface area contributed by atoms with E-state index in [-0.39, 0.29) is 6.61 Å². The van der Waals surface area contributed by atoms with Crippen LogP contribution in [-0.2, 0) is 76.1 Å². The third kappa shape index (κ3) is 10.9. The molecule has 16 nitrogen and oxygen atoms in total. The van der Waals surface area contributed by atoms with Crippen molar-refractivity contribution in [3.8, 4) is 0 Å². The van der Waals surface area contributed by atoms with E-state index in [1.54, 1.807) is 0 Å². The molecule has 19 heteroatoms. The SMILES string of the molecule is CO[C@@H]1OC[C@@H](OC(C)=O)[C@H](OC(C)=O)[C@H]1O[C@@H]1O[C@H](COC(C)=O)[C@H](OC(C)=O)[C@H](OC(C)=O)[C@H]1OC(=O)C(Cl)(Cl)Cl. The van der Waals surface area contributed by atoms with Crippen molar-refractivity contribution < 1.29 is 76.1 Å². The molecule has 2 heterocycles. The van der Waals surface area contributed by atoms with E-state index >= 15 is 0 Å². The van der Waals surface area contributed by atoms with Crippen LogP contribution in [0.3, 0.4) is 0 Å². The number of esters is 6. The highest BCUT2D eigenvalue weighted by molar-refractivity contribution is 6.75. The number of alkyl halides is 3. The molecule has 0 unspecified atom stereocenters. The fourth-order valence-electron chi connectivity index (χ4n) is 4.19. The summed E-state index contributed by atoms with van der Waals surface area (Å²) in [5.41, 5.74) is 0. The summed E-state index contributed by atoms with van der Waals surface area (Å²) in [7, 11) is 1.22. The van der Waals surface area contributed by atoms with Gasteiger partial charge in [-0.3, -0.25) is 24.0 Å². The molecule has 2 aliphatic heterocycles. The average molecular weight is 682 g/mol. The van der Waals surface area contributed by atoms with Crippen molar-refractivity contribution in [2.75, 3.05) is 20.3 Å². The van der Waals surface area contributed by atoms with Crippen LogP contribution in [0.25, 0.3) is 0 Å². The lowest BCUT2D eigenvalue weighted by molar-refractivity contribution is -0.356. The topological polar surface area (TPSA) is 195 Å². The molecule has 0 N–H and O–H groups in total. The lowest BCUT2D eigenvalue weighted by atomic mass is 9.97. The smallest absolute Gasteiger partial charge is 0.359 e. The number of rotatable bonds is 10. The quantitative estimate of drug-likeness (QED) is 0.177. The summed E-state index contributed by atoms with van der Waals surface area (Å²) in [6.45, 7) is 4.45. The molecule has 244 valence electrons. The van der Waals surface area contributed by atoms with Gasteiger partial charge in [-0.25, -0.2) is 4.79 Å². The molecular formula is C24H31Cl3O16. The number of carbonyl (C=O) groups excluding carboxylic acids is 6. The largest absolute Gasteiger partial charge is 0.463 e. The van der Waals surface area contributed by atoms with E-state index in [4.69, 9.17) is 82.2 Å². The molecule has 0 aliphatic carbocycles. The van der Waals surface area contributed by atoms with Crippen LogP contribution in [0.1, 0.15) is 34.6 Å². The van der Waals surface area contributed by atoms with Gasteiger partial charge in [-0.1, -0.05) is 34.8 Å². The third-order valence-corrected chi connectivity index (χ3v) is 6.11. The maximum Gasteiger partial charge on any atom is 0.359 e. The third-order valence-electron chi connectivity index (χ3n) is 5.65. The van der Waals surface area contributed by atoms with Crippen molar-refractivity contribution in [2.45, 2.75) is 93.7 Å². The molecule has 2 rings (SSSR count). The van der Waals surface area contributed by atoms with Gasteiger partial charge in [0.25, 0.3) is 3.79 Å². The van der Waals surface area contributed by atoms with E-state index in [2.05, 4.69) is 0 Å². The van der Waals surface area contributed by atoms with Crippen molar-refractivity contribution in [1.29, 1.82) is 0 Å². The predicted molar refractivity (Wildman–Crippen MR) is 139 cm³/mol. The minimum absolute atomic E-state index is 0.285. The highest BCUT2D eigenvalue weighted by atomic mass is 35.6. The number of hydrogen-bond acceptors (Lipinski definition) is 16. The molecule has 0 aromatic heterocycles. The molecule has 2 saturated heterocycles. The molecule has 0 aromatic rings. The van der Waals surface area contributed by atoms with E-state index in [0.717, 1.165) is 34.6 Å². The normalized spacial score (nSPS) is 30.8. The van der Waals surface area contributed by atoms with Crippen LogP contribution in [0.2, 0.25) is 0 Å². The van der Waals surface area contributed by atoms with Gasteiger partial charge in [0.05, 0.1) is 6.61 Å². The number of halogens is 3. The van der Waals surface area contributed by atoms with Gasteiger partial charge in [-0.05, 0) is 0 Å². The Morgan fingerprint density at radius 1 is 0.674 bits per heavy atom. The van der Waals surface area contributed by atoms with Crippen LogP contribution in [0.15, 0.2) is 0 Å². The van der Waals surface area contributed by atoms with Gasteiger partial charge in [0.2, 0.25) is 0 Å². The Balaban J connectivity index is 2.65. The van der Waals surface area contributed by atoms with Crippen molar-refractivity contribution in [3.63, 3.8) is 0 Å². The maximum absolute atomic E-state index is 12.7. The van der Waals surface area contributed by atoms with Gasteiger partial charge in [-0.2, -0.15) is 0 Å². The number of hydrogen-bond donors (Lipinski definition) is 0. The van der Waals surface area contributed by atoms with Crippen molar-refractivity contribution in [3.05, 3.63) is 0 Å². The summed E-state index contributed by atoms with van der Waals surface area (Å²) in [6, 6.07) is 0. The first-order valence-electron chi connectivity index (χ1n) is 12.5. The zero-order valence-electron chi connectivity index (χ0n) is 23.8. The lowest BCUT2D eigenvalue weighted by Gasteiger charge is -2.47. The van der Waals surface area contributed by atoms with Crippen LogP contribution in [0, 0.1) is 0 Å². The second-order valence-corrected chi connectivity index (χ2v) is 11.4. The van der Waals surface area contributed by atoms with E-state index in [1.165, 1.54) is 7.11 Å². The van der Waals surface area contributed by atoms with E-state index in [9.17, 15) is 28.8 Å². The van der Waals surface area contributed by atoms with Gasteiger partial charge in [0, 0.05) is 41.7 Å². The molecule has 0 radical (unpaired) electrons. The van der Waals surface area contributed by atoms with Gasteiger partial charge < -0.3 is 47.4 Å². The van der Waals surface area contributed by atoms with Crippen LogP contribution in [0.4, 0.5) is 0 Å². The Labute approximate surface area is 260 Å². The monoisotopic (exact) mass is 680 g/mol. The molecule has 0 saturated carbocycles. The molecule has 0 aromatic carbocycles. The van der Waals surface area contributed by atoms with Gasteiger partial charge in [0.1, 0.15) is 12.7 Å². The molecular weight excluding hydrogens is 651 g/mol. The molecule has 0 spiro atoms. The molecule has 9 atom stereocenters. The predicted octanol–water partition coefficient (Wildman–Crippen LogP) is 0.671. The van der Waals surface area contributed by atoms with Crippen LogP contribution in [0.5, 0.6) is 0 Å². The Hall–Kier alpha value is -2.47. The number of methoxy groups -OCH3 is 1. The second-order valence-electron chi connectivity index (χ2n) is 9.12. The van der Waals surface area contributed by atoms with E-state index < -0.39 is 102 Å². The maximum atomic E-state index is 12.7. The molecule has 0 bridgehead atoms. The standard InChI is InChI=1S/C24H31Cl3O16/c1-9(28)35-7-15-16(38-11(3)30)18(40-13(5)32)20(43-23(33)24(25,26)27)22(41-15)42-19-17(39-12(4)31)14(37-10(2)29)8-36-21(19)34-6/h14-22H,7-8H2,1-6H3/t14-,15-,16+,17+,18+,19-,20-,21-,22+/m1/s1. The first-order chi connectivity index (χ1) is 19.9. The van der Waals surface area contributed by atoms with Crippen molar-refractivity contribution in [2.24, 2.45) is 0 Å². The summed E-state index contributed by atoms with van der Waals surface area (Å²) in [6.07, 6.45) is -13.8. The van der Waals surface area contributed by atoms with Gasteiger partial charge in [-0.15, -0.1) is 0 Å². The van der Waals surface area contributed by atoms with Crippen LogP contribution < -0.4 is 0 Å². The van der Waals surface area contributed by atoms with Crippen molar-refractivity contribution >= 4 is 70.6 Å².